The molecule has 0 saturated heterocycles. The first kappa shape index (κ1) is 25.0. The second-order valence-corrected chi connectivity index (χ2v) is 9.92. The van der Waals surface area contributed by atoms with Crippen LogP contribution in [0.3, 0.4) is 0 Å². The molecule has 2 aromatic carbocycles. The van der Waals surface area contributed by atoms with Crippen molar-refractivity contribution in [3.05, 3.63) is 63.6 Å². The predicted octanol–water partition coefficient (Wildman–Crippen LogP) is 3.23. The zero-order valence-corrected chi connectivity index (χ0v) is 20.1. The van der Waals surface area contributed by atoms with Crippen molar-refractivity contribution in [3.8, 4) is 0 Å². The zero-order chi connectivity index (χ0) is 23.3. The molecule has 0 aromatic heterocycles. The molecule has 0 spiro atoms. The third-order valence-corrected chi connectivity index (χ3v) is 6.41. The maximum Gasteiger partial charge on any atom is 0.244 e. The molecule has 1 atom stereocenters. The maximum absolute atomic E-state index is 13.3. The second kappa shape index (κ2) is 10.3. The fourth-order valence-corrected chi connectivity index (χ4v) is 4.22. The molecular weight excluding hydrogens is 461 g/mol. The minimum atomic E-state index is -3.81. The first-order chi connectivity index (χ1) is 14.4. The van der Waals surface area contributed by atoms with Gasteiger partial charge in [0.25, 0.3) is 0 Å². The van der Waals surface area contributed by atoms with Gasteiger partial charge in [-0.1, -0.05) is 41.4 Å². The number of halogens is 2. The molecular formula is C21H25Cl2N3O4S. The number of sulfonamides is 1. The van der Waals surface area contributed by atoms with Crippen molar-refractivity contribution in [3.63, 3.8) is 0 Å². The number of anilines is 1. The summed E-state index contributed by atoms with van der Waals surface area (Å²) < 4.78 is 26.1. The Morgan fingerprint density at radius 3 is 2.19 bits per heavy atom. The van der Waals surface area contributed by atoms with Crippen LogP contribution in [-0.4, -0.2) is 51.0 Å². The molecule has 0 aliphatic heterocycles. The van der Waals surface area contributed by atoms with Crippen LogP contribution < -0.4 is 9.62 Å². The summed E-state index contributed by atoms with van der Waals surface area (Å²) in [7, 11) is -2.33. The van der Waals surface area contributed by atoms with E-state index in [2.05, 4.69) is 5.32 Å². The Morgan fingerprint density at radius 1 is 1.06 bits per heavy atom. The van der Waals surface area contributed by atoms with Gasteiger partial charge in [-0.05, 0) is 49.2 Å². The lowest BCUT2D eigenvalue weighted by Gasteiger charge is -2.31. The molecule has 2 amide bonds. The number of benzene rings is 2. The van der Waals surface area contributed by atoms with Gasteiger partial charge in [0.2, 0.25) is 21.8 Å². The quantitative estimate of drug-likeness (QED) is 0.621. The maximum atomic E-state index is 13.3. The van der Waals surface area contributed by atoms with Gasteiger partial charge in [0, 0.05) is 23.6 Å². The summed E-state index contributed by atoms with van der Waals surface area (Å²) in [5.41, 5.74) is 1.70. The number of amides is 2. The van der Waals surface area contributed by atoms with E-state index in [4.69, 9.17) is 23.2 Å². The van der Waals surface area contributed by atoms with E-state index < -0.39 is 28.5 Å². The smallest absolute Gasteiger partial charge is 0.244 e. The number of rotatable bonds is 8. The molecule has 10 heteroatoms. The van der Waals surface area contributed by atoms with Crippen LogP contribution >= 0.6 is 23.2 Å². The monoisotopic (exact) mass is 485 g/mol. The molecule has 168 valence electrons. The van der Waals surface area contributed by atoms with Gasteiger partial charge in [0.05, 0.1) is 11.9 Å². The molecule has 2 rings (SSSR count). The summed E-state index contributed by atoms with van der Waals surface area (Å²) in [6.07, 6.45) is 1.02. The van der Waals surface area contributed by atoms with Crippen molar-refractivity contribution in [2.45, 2.75) is 26.4 Å². The highest BCUT2D eigenvalue weighted by molar-refractivity contribution is 7.92. The normalized spacial score (nSPS) is 12.2. The first-order valence-corrected chi connectivity index (χ1v) is 12.0. The van der Waals surface area contributed by atoms with Crippen molar-refractivity contribution in [1.29, 1.82) is 0 Å². The van der Waals surface area contributed by atoms with Gasteiger partial charge < -0.3 is 10.2 Å². The van der Waals surface area contributed by atoms with Crippen LogP contribution in [-0.2, 0) is 26.2 Å². The largest absolute Gasteiger partial charge is 0.357 e. The van der Waals surface area contributed by atoms with Crippen molar-refractivity contribution in [1.82, 2.24) is 10.2 Å². The van der Waals surface area contributed by atoms with Crippen molar-refractivity contribution in [2.24, 2.45) is 0 Å². The topological polar surface area (TPSA) is 86.8 Å². The summed E-state index contributed by atoms with van der Waals surface area (Å²) in [5, 5.41) is 3.41. The van der Waals surface area contributed by atoms with Gasteiger partial charge in [-0.15, -0.1) is 0 Å². The Balaban J connectivity index is 2.42. The van der Waals surface area contributed by atoms with Crippen LogP contribution in [0.2, 0.25) is 10.0 Å². The third-order valence-electron chi connectivity index (χ3n) is 4.80. The number of hydrogen-bond acceptors (Lipinski definition) is 4. The number of nitrogens with one attached hydrogen (secondary N) is 1. The Kier molecular flexibility index (Phi) is 8.34. The van der Waals surface area contributed by atoms with Crippen LogP contribution in [0.5, 0.6) is 0 Å². The standard InChI is InChI=1S/C21H25Cl2N3O4S/c1-14-5-8-18(23)11-19(14)26(31(4,29)30)13-20(27)25(15(2)21(28)24-3)12-16-6-9-17(22)10-7-16/h5-11,15H,12-13H2,1-4H3,(H,24,28). The number of aryl methyl sites for hydroxylation is 1. The van der Waals surface area contributed by atoms with Crippen LogP contribution in [0.25, 0.3) is 0 Å². The van der Waals surface area contributed by atoms with Gasteiger partial charge in [-0.2, -0.15) is 0 Å². The van der Waals surface area contributed by atoms with Crippen LogP contribution in [0.15, 0.2) is 42.5 Å². The summed E-state index contributed by atoms with van der Waals surface area (Å²) in [6, 6.07) is 10.8. The second-order valence-electron chi connectivity index (χ2n) is 7.14. The Hall–Kier alpha value is -2.29. The average molecular weight is 486 g/mol. The Labute approximate surface area is 193 Å². The lowest BCUT2D eigenvalue weighted by atomic mass is 10.1. The summed E-state index contributed by atoms with van der Waals surface area (Å²) in [5.74, 6) is -0.900. The van der Waals surface area contributed by atoms with Gasteiger partial charge in [-0.25, -0.2) is 8.42 Å². The average Bonchev–Trinajstić information content (AvgIpc) is 2.71. The molecule has 0 heterocycles. The number of carbonyl (C=O) groups excluding carboxylic acids is 2. The molecule has 0 aliphatic carbocycles. The minimum Gasteiger partial charge on any atom is -0.357 e. The Morgan fingerprint density at radius 2 is 1.65 bits per heavy atom. The minimum absolute atomic E-state index is 0.108. The predicted molar refractivity (Wildman–Crippen MR) is 124 cm³/mol. The van der Waals surface area contributed by atoms with E-state index in [9.17, 15) is 18.0 Å². The van der Waals surface area contributed by atoms with Gasteiger partial charge in [-0.3, -0.25) is 13.9 Å². The SMILES string of the molecule is CNC(=O)C(C)N(Cc1ccc(Cl)cc1)C(=O)CN(c1cc(Cl)ccc1C)S(C)(=O)=O. The number of nitrogens with zero attached hydrogens (tertiary/aromatic N) is 2. The summed E-state index contributed by atoms with van der Waals surface area (Å²) >= 11 is 12.0. The van der Waals surface area contributed by atoms with Gasteiger partial charge in [0.15, 0.2) is 0 Å². The Bertz CT molecular complexity index is 1060. The van der Waals surface area contributed by atoms with E-state index in [1.165, 1.54) is 18.0 Å². The van der Waals surface area contributed by atoms with E-state index in [1.54, 1.807) is 50.2 Å². The molecule has 0 fully saturated rings. The molecule has 0 bridgehead atoms. The highest BCUT2D eigenvalue weighted by Crippen LogP contribution is 2.26. The lowest BCUT2D eigenvalue weighted by Crippen LogP contribution is -2.50. The van der Waals surface area contributed by atoms with E-state index in [0.29, 0.717) is 21.3 Å². The highest BCUT2D eigenvalue weighted by Gasteiger charge is 2.30. The van der Waals surface area contributed by atoms with Crippen molar-refractivity contribution < 1.29 is 18.0 Å². The summed E-state index contributed by atoms with van der Waals surface area (Å²) in [4.78, 5) is 26.9. The molecule has 0 radical (unpaired) electrons. The third kappa shape index (κ3) is 6.59. The molecule has 7 nitrogen and oxygen atoms in total. The van der Waals surface area contributed by atoms with Crippen LogP contribution in [0, 0.1) is 6.92 Å². The number of likely N-dealkylation sites (N-methyl/N-ethyl adjacent to an activating group) is 1. The fourth-order valence-electron chi connectivity index (χ4n) is 3.02. The fraction of sp³-hybridized carbons (Fsp3) is 0.333. The number of hydrogen-bond donors (Lipinski definition) is 1. The highest BCUT2D eigenvalue weighted by atomic mass is 35.5. The lowest BCUT2D eigenvalue weighted by molar-refractivity contribution is -0.139. The molecule has 0 aliphatic rings. The molecule has 2 aromatic rings. The van der Waals surface area contributed by atoms with Gasteiger partial charge >= 0.3 is 0 Å². The van der Waals surface area contributed by atoms with Crippen LogP contribution in [0.4, 0.5) is 5.69 Å². The molecule has 0 saturated carbocycles. The van der Waals surface area contributed by atoms with Crippen LogP contribution in [0.1, 0.15) is 18.1 Å². The summed E-state index contributed by atoms with van der Waals surface area (Å²) in [6.45, 7) is 2.95. The zero-order valence-electron chi connectivity index (χ0n) is 17.7. The van der Waals surface area contributed by atoms with E-state index >= 15 is 0 Å². The molecule has 1 unspecified atom stereocenters. The van der Waals surface area contributed by atoms with Gasteiger partial charge in [0.1, 0.15) is 12.6 Å². The van der Waals surface area contributed by atoms with E-state index in [0.717, 1.165) is 16.1 Å². The van der Waals surface area contributed by atoms with E-state index in [-0.39, 0.29) is 12.5 Å². The first-order valence-electron chi connectivity index (χ1n) is 9.43. The van der Waals surface area contributed by atoms with Crippen molar-refractivity contribution in [2.75, 3.05) is 24.2 Å². The van der Waals surface area contributed by atoms with Crippen molar-refractivity contribution >= 4 is 50.7 Å². The molecule has 1 N–H and O–H groups in total. The number of carbonyl (C=O) groups is 2. The van der Waals surface area contributed by atoms with E-state index in [1.807, 2.05) is 0 Å². The molecule has 31 heavy (non-hydrogen) atoms.